The van der Waals surface area contributed by atoms with Crippen LogP contribution in [0.5, 0.6) is 0 Å². The topological polar surface area (TPSA) is 52.6 Å². The van der Waals surface area contributed by atoms with Gasteiger partial charge in [-0.3, -0.25) is 9.59 Å². The van der Waals surface area contributed by atoms with Crippen LogP contribution in [-0.2, 0) is 19.1 Å². The zero-order chi connectivity index (χ0) is 10.1. The van der Waals surface area contributed by atoms with Crippen LogP contribution in [-0.4, -0.2) is 25.7 Å². The van der Waals surface area contributed by atoms with Crippen LogP contribution in [0.1, 0.15) is 32.6 Å². The molecule has 0 radical (unpaired) electrons. The highest BCUT2D eigenvalue weighted by Crippen LogP contribution is 1.96. The fourth-order valence-corrected chi connectivity index (χ4v) is 0.779. The van der Waals surface area contributed by atoms with E-state index in [1.165, 1.54) is 7.11 Å². The first-order valence-corrected chi connectivity index (χ1v) is 4.43. The molecule has 0 aliphatic rings. The molecule has 0 aromatic rings. The van der Waals surface area contributed by atoms with Crippen molar-refractivity contribution in [3.63, 3.8) is 0 Å². The second-order valence-electron chi connectivity index (χ2n) is 2.68. The molecule has 0 aliphatic heterocycles. The molecule has 0 unspecified atom stereocenters. The van der Waals surface area contributed by atoms with Crippen molar-refractivity contribution in [2.75, 3.05) is 13.7 Å². The molecular weight excluding hydrogens is 172 g/mol. The number of hydrogen-bond acceptors (Lipinski definition) is 4. The third-order valence-corrected chi connectivity index (χ3v) is 1.53. The summed E-state index contributed by atoms with van der Waals surface area (Å²) in [6, 6.07) is 0. The van der Waals surface area contributed by atoms with Gasteiger partial charge in [0.05, 0.1) is 13.7 Å². The Morgan fingerprint density at radius 1 is 1.15 bits per heavy atom. The maximum atomic E-state index is 10.9. The molecule has 0 fully saturated rings. The smallest absolute Gasteiger partial charge is 0.317 e. The summed E-state index contributed by atoms with van der Waals surface area (Å²) in [4.78, 5) is 21.4. The molecule has 4 heteroatoms. The highest BCUT2D eigenvalue weighted by atomic mass is 16.5. The Morgan fingerprint density at radius 2 is 1.85 bits per heavy atom. The zero-order valence-electron chi connectivity index (χ0n) is 8.17. The average molecular weight is 188 g/mol. The summed E-state index contributed by atoms with van der Waals surface area (Å²) >= 11 is 0. The third-order valence-electron chi connectivity index (χ3n) is 1.53. The predicted octanol–water partition coefficient (Wildman–Crippen LogP) is 1.28. The second-order valence-corrected chi connectivity index (χ2v) is 2.68. The van der Waals surface area contributed by atoms with E-state index in [1.807, 2.05) is 0 Å². The SMILES string of the molecule is CCCCCOC(=O)CC(=O)OC. The summed E-state index contributed by atoms with van der Waals surface area (Å²) < 4.78 is 9.09. The van der Waals surface area contributed by atoms with Crippen molar-refractivity contribution in [3.05, 3.63) is 0 Å². The molecule has 0 aromatic heterocycles. The highest BCUT2D eigenvalue weighted by molar-refractivity contribution is 5.91. The van der Waals surface area contributed by atoms with Gasteiger partial charge in [0, 0.05) is 0 Å². The molecule has 0 saturated heterocycles. The Kier molecular flexibility index (Phi) is 6.96. The minimum Gasteiger partial charge on any atom is -0.469 e. The minimum atomic E-state index is -0.555. The van der Waals surface area contributed by atoms with E-state index in [-0.39, 0.29) is 6.42 Å². The van der Waals surface area contributed by atoms with Crippen molar-refractivity contribution >= 4 is 11.9 Å². The number of methoxy groups -OCH3 is 1. The summed E-state index contributed by atoms with van der Waals surface area (Å²) in [7, 11) is 1.24. The van der Waals surface area contributed by atoms with Crippen LogP contribution < -0.4 is 0 Å². The molecule has 0 N–H and O–H groups in total. The first kappa shape index (κ1) is 11.9. The Balaban J connectivity index is 3.35. The van der Waals surface area contributed by atoms with Crippen molar-refractivity contribution in [2.45, 2.75) is 32.6 Å². The lowest BCUT2D eigenvalue weighted by Gasteiger charge is -2.02. The van der Waals surface area contributed by atoms with Crippen LogP contribution in [0.3, 0.4) is 0 Å². The van der Waals surface area contributed by atoms with Gasteiger partial charge in [0.2, 0.25) is 0 Å². The molecule has 0 saturated carbocycles. The average Bonchev–Trinajstić information content (AvgIpc) is 2.12. The normalized spacial score (nSPS) is 9.38. The monoisotopic (exact) mass is 188 g/mol. The Hall–Kier alpha value is -1.06. The van der Waals surface area contributed by atoms with Crippen molar-refractivity contribution in [3.8, 4) is 0 Å². The molecule has 0 bridgehead atoms. The van der Waals surface area contributed by atoms with Gasteiger partial charge in [0.1, 0.15) is 6.42 Å². The molecule has 0 aliphatic carbocycles. The summed E-state index contributed by atoms with van der Waals surface area (Å²) in [5.41, 5.74) is 0. The van der Waals surface area contributed by atoms with E-state index >= 15 is 0 Å². The molecule has 0 atom stereocenters. The summed E-state index contributed by atoms with van der Waals surface area (Å²) in [5.74, 6) is -1.07. The highest BCUT2D eigenvalue weighted by Gasteiger charge is 2.09. The van der Waals surface area contributed by atoms with Crippen molar-refractivity contribution in [1.29, 1.82) is 0 Å². The largest absolute Gasteiger partial charge is 0.469 e. The van der Waals surface area contributed by atoms with Crippen molar-refractivity contribution in [1.82, 2.24) is 0 Å². The molecule has 0 amide bonds. The molecule has 76 valence electrons. The fraction of sp³-hybridized carbons (Fsp3) is 0.778. The first-order valence-electron chi connectivity index (χ1n) is 4.43. The van der Waals surface area contributed by atoms with Gasteiger partial charge in [0.25, 0.3) is 0 Å². The summed E-state index contributed by atoms with van der Waals surface area (Å²) in [5, 5.41) is 0. The number of esters is 2. The van der Waals surface area contributed by atoms with Gasteiger partial charge in [-0.15, -0.1) is 0 Å². The lowest BCUT2D eigenvalue weighted by molar-refractivity contribution is -0.153. The van der Waals surface area contributed by atoms with Gasteiger partial charge < -0.3 is 9.47 Å². The van der Waals surface area contributed by atoms with E-state index in [4.69, 9.17) is 4.74 Å². The van der Waals surface area contributed by atoms with Crippen molar-refractivity contribution in [2.24, 2.45) is 0 Å². The van der Waals surface area contributed by atoms with Crippen LogP contribution in [0.4, 0.5) is 0 Å². The molecule has 0 spiro atoms. The molecule has 0 rings (SSSR count). The lowest BCUT2D eigenvalue weighted by Crippen LogP contribution is -2.12. The maximum Gasteiger partial charge on any atom is 0.317 e. The molecule has 4 nitrogen and oxygen atoms in total. The number of carbonyl (C=O) groups is 2. The Bertz CT molecular complexity index is 165. The van der Waals surface area contributed by atoms with Crippen LogP contribution >= 0.6 is 0 Å². The van der Waals surface area contributed by atoms with Gasteiger partial charge in [0.15, 0.2) is 0 Å². The predicted molar refractivity (Wildman–Crippen MR) is 47.1 cm³/mol. The van der Waals surface area contributed by atoms with Gasteiger partial charge in [-0.05, 0) is 6.42 Å². The number of ether oxygens (including phenoxy) is 2. The van der Waals surface area contributed by atoms with E-state index < -0.39 is 11.9 Å². The third kappa shape index (κ3) is 7.31. The molecular formula is C9H16O4. The van der Waals surface area contributed by atoms with Crippen LogP contribution in [0.2, 0.25) is 0 Å². The van der Waals surface area contributed by atoms with E-state index in [2.05, 4.69) is 11.7 Å². The van der Waals surface area contributed by atoms with Crippen LogP contribution in [0, 0.1) is 0 Å². The number of unbranched alkanes of at least 4 members (excludes halogenated alkanes) is 2. The molecule has 0 aromatic carbocycles. The van der Waals surface area contributed by atoms with Crippen molar-refractivity contribution < 1.29 is 19.1 Å². The van der Waals surface area contributed by atoms with Gasteiger partial charge in [-0.1, -0.05) is 19.8 Å². The Morgan fingerprint density at radius 3 is 2.38 bits per heavy atom. The summed E-state index contributed by atoms with van der Waals surface area (Å²) in [6.45, 7) is 2.46. The van der Waals surface area contributed by atoms with Gasteiger partial charge >= 0.3 is 11.9 Å². The first-order chi connectivity index (χ1) is 6.20. The maximum absolute atomic E-state index is 10.9. The Labute approximate surface area is 78.2 Å². The van der Waals surface area contributed by atoms with E-state index in [1.54, 1.807) is 0 Å². The molecule has 13 heavy (non-hydrogen) atoms. The van der Waals surface area contributed by atoms with E-state index in [0.717, 1.165) is 19.3 Å². The van der Waals surface area contributed by atoms with E-state index in [0.29, 0.717) is 6.61 Å². The number of carbonyl (C=O) groups excluding carboxylic acids is 2. The van der Waals surface area contributed by atoms with Crippen LogP contribution in [0.15, 0.2) is 0 Å². The summed E-state index contributed by atoms with van der Waals surface area (Å²) in [6.07, 6.45) is 2.67. The zero-order valence-corrected chi connectivity index (χ0v) is 8.17. The van der Waals surface area contributed by atoms with Gasteiger partial charge in [-0.2, -0.15) is 0 Å². The van der Waals surface area contributed by atoms with Gasteiger partial charge in [-0.25, -0.2) is 0 Å². The number of hydrogen-bond donors (Lipinski definition) is 0. The lowest BCUT2D eigenvalue weighted by atomic mass is 10.3. The standard InChI is InChI=1S/C9H16O4/c1-3-4-5-6-13-9(11)7-8(10)12-2/h3-7H2,1-2H3. The second kappa shape index (κ2) is 7.58. The molecule has 0 heterocycles. The van der Waals surface area contributed by atoms with Crippen LogP contribution in [0.25, 0.3) is 0 Å². The number of rotatable bonds is 6. The quantitative estimate of drug-likeness (QED) is 0.358. The fourth-order valence-electron chi connectivity index (χ4n) is 0.779. The minimum absolute atomic E-state index is 0.289. The van der Waals surface area contributed by atoms with E-state index in [9.17, 15) is 9.59 Å².